The van der Waals surface area contributed by atoms with E-state index in [9.17, 15) is 0 Å². The van der Waals surface area contributed by atoms with Gasteiger partial charge in [-0.25, -0.2) is 0 Å². The number of hydrogen-bond donors (Lipinski definition) is 0. The molecule has 46 valence electrons. The van der Waals surface area contributed by atoms with Crippen molar-refractivity contribution in [3.63, 3.8) is 0 Å². The Morgan fingerprint density at radius 2 is 1.29 bits per heavy atom. The predicted octanol–water partition coefficient (Wildman–Crippen LogP) is 2.06. The van der Waals surface area contributed by atoms with Gasteiger partial charge in [-0.3, -0.25) is 0 Å². The average molecular weight is 118 g/mol. The van der Waals surface area contributed by atoms with Crippen LogP contribution in [0.25, 0.3) is 0 Å². The Labute approximate surface area is 50.1 Å². The van der Waals surface area contributed by atoms with Crippen molar-refractivity contribution in [1.29, 1.82) is 0 Å². The van der Waals surface area contributed by atoms with Gasteiger partial charge < -0.3 is 0 Å². The van der Waals surface area contributed by atoms with Crippen LogP contribution in [0.5, 0.6) is 0 Å². The first kappa shape index (κ1) is 10.2. The molecule has 0 aliphatic heterocycles. The van der Waals surface area contributed by atoms with Gasteiger partial charge in [0, 0.05) is 9.52 Å². The summed E-state index contributed by atoms with van der Waals surface area (Å²) in [5, 5.41) is 0. The van der Waals surface area contributed by atoms with Gasteiger partial charge in [0.2, 0.25) is 0 Å². The molecule has 0 aliphatic rings. The Morgan fingerprint density at radius 1 is 1.14 bits per heavy atom. The van der Waals surface area contributed by atoms with Crippen molar-refractivity contribution in [2.75, 3.05) is 0 Å². The number of rotatable bonds is 1. The third kappa shape index (κ3) is 22.5. The van der Waals surface area contributed by atoms with Crippen LogP contribution >= 0.6 is 0 Å². The molecule has 0 aromatic rings. The summed E-state index contributed by atoms with van der Waals surface area (Å²) in [6.07, 6.45) is 0. The molecule has 0 spiro atoms. The summed E-state index contributed by atoms with van der Waals surface area (Å²) in [6, 6.07) is 0. The molecule has 0 bridgehead atoms. The van der Waals surface area contributed by atoms with Gasteiger partial charge >= 0.3 is 0 Å². The summed E-state index contributed by atoms with van der Waals surface area (Å²) >= 11 is 0. The van der Waals surface area contributed by atoms with Crippen molar-refractivity contribution < 1.29 is 0 Å². The maximum absolute atomic E-state index is 2.34. The smallest absolute Gasteiger partial charge is 0.0194 e. The van der Waals surface area contributed by atoms with Crippen LogP contribution in [0.4, 0.5) is 0 Å². The SMILES string of the molecule is CC.C[SiH2]C(C)C. The fourth-order valence-electron chi connectivity index (χ4n) is 0. The van der Waals surface area contributed by atoms with Gasteiger partial charge in [0.1, 0.15) is 0 Å². The Kier molecular flexibility index (Phi) is 13.9. The zero-order chi connectivity index (χ0) is 6.28. The van der Waals surface area contributed by atoms with Gasteiger partial charge in [-0.1, -0.05) is 39.8 Å². The van der Waals surface area contributed by atoms with E-state index in [1.807, 2.05) is 13.8 Å². The van der Waals surface area contributed by atoms with Crippen LogP contribution < -0.4 is 0 Å². The normalized spacial score (nSPS) is 9.43. The van der Waals surface area contributed by atoms with Gasteiger partial charge in [0.05, 0.1) is 0 Å². The fourth-order valence-corrected chi connectivity index (χ4v) is 0. The highest BCUT2D eigenvalue weighted by Crippen LogP contribution is 1.92. The summed E-state index contributed by atoms with van der Waals surface area (Å²) < 4.78 is 0. The van der Waals surface area contributed by atoms with E-state index in [0.717, 1.165) is 5.54 Å². The van der Waals surface area contributed by atoms with E-state index in [2.05, 4.69) is 20.4 Å². The Hall–Kier alpha value is 0.217. The molecule has 0 aliphatic carbocycles. The molecule has 0 nitrogen and oxygen atoms in total. The molecule has 0 radical (unpaired) electrons. The highest BCUT2D eigenvalue weighted by atomic mass is 28.2. The lowest BCUT2D eigenvalue weighted by Crippen LogP contribution is -1.83. The molecule has 0 saturated heterocycles. The lowest BCUT2D eigenvalue weighted by molar-refractivity contribution is 1.06. The van der Waals surface area contributed by atoms with E-state index >= 15 is 0 Å². The highest BCUT2D eigenvalue weighted by Gasteiger charge is 1.81. The molecule has 0 heterocycles. The van der Waals surface area contributed by atoms with E-state index in [1.165, 1.54) is 0 Å². The van der Waals surface area contributed by atoms with Crippen molar-refractivity contribution in [3.05, 3.63) is 0 Å². The average Bonchev–Trinajstić information content (AvgIpc) is 1.73. The summed E-state index contributed by atoms with van der Waals surface area (Å²) in [4.78, 5) is 0. The van der Waals surface area contributed by atoms with Gasteiger partial charge in [-0.15, -0.1) is 0 Å². The Balaban J connectivity index is 0. The first-order valence-corrected chi connectivity index (χ1v) is 5.50. The second-order valence-corrected chi connectivity index (χ2v) is 4.25. The molecule has 0 atom stereocenters. The summed E-state index contributed by atoms with van der Waals surface area (Å²) in [5.41, 5.74) is 1.02. The van der Waals surface area contributed by atoms with E-state index in [4.69, 9.17) is 0 Å². The van der Waals surface area contributed by atoms with E-state index in [-0.39, 0.29) is 0 Å². The molecule has 0 amide bonds. The van der Waals surface area contributed by atoms with E-state index in [0.29, 0.717) is 9.52 Å². The molecule has 0 aromatic carbocycles. The second-order valence-electron chi connectivity index (χ2n) is 1.80. The molecule has 0 fully saturated rings. The lowest BCUT2D eigenvalue weighted by Gasteiger charge is -1.89. The summed E-state index contributed by atoms with van der Waals surface area (Å²) in [5.74, 6) is 0. The zero-order valence-electron chi connectivity index (χ0n) is 6.28. The molecule has 0 aromatic heterocycles. The minimum Gasteiger partial charge on any atom is -0.0746 e. The molecule has 1 heteroatoms. The zero-order valence-corrected chi connectivity index (χ0v) is 7.70. The third-order valence-corrected chi connectivity index (χ3v) is 2.45. The highest BCUT2D eigenvalue weighted by molar-refractivity contribution is 6.35. The molecular formula is C6H18Si. The van der Waals surface area contributed by atoms with Gasteiger partial charge in [0.25, 0.3) is 0 Å². The van der Waals surface area contributed by atoms with Crippen molar-refractivity contribution in [3.8, 4) is 0 Å². The quantitative estimate of drug-likeness (QED) is 0.462. The van der Waals surface area contributed by atoms with Crippen molar-refractivity contribution in [2.24, 2.45) is 0 Å². The maximum Gasteiger partial charge on any atom is 0.0194 e. The molecule has 0 unspecified atom stereocenters. The predicted molar refractivity (Wildman–Crippen MR) is 40.9 cm³/mol. The lowest BCUT2D eigenvalue weighted by atomic mass is 10.6. The van der Waals surface area contributed by atoms with E-state index in [1.54, 1.807) is 0 Å². The second kappa shape index (κ2) is 9.52. The minimum atomic E-state index is 0.349. The van der Waals surface area contributed by atoms with Crippen LogP contribution in [0.1, 0.15) is 27.7 Å². The van der Waals surface area contributed by atoms with Crippen LogP contribution in [-0.4, -0.2) is 9.52 Å². The summed E-state index contributed by atoms with van der Waals surface area (Å²) in [7, 11) is 0.349. The van der Waals surface area contributed by atoms with Crippen LogP contribution in [0.3, 0.4) is 0 Å². The maximum atomic E-state index is 2.34. The topological polar surface area (TPSA) is 0 Å². The van der Waals surface area contributed by atoms with Gasteiger partial charge in [-0.2, -0.15) is 0 Å². The summed E-state index contributed by atoms with van der Waals surface area (Å²) in [6.45, 7) is 10.9. The van der Waals surface area contributed by atoms with Gasteiger partial charge in [-0.05, 0) is 0 Å². The number of hydrogen-bond acceptors (Lipinski definition) is 0. The van der Waals surface area contributed by atoms with Crippen LogP contribution in [0.2, 0.25) is 12.1 Å². The van der Waals surface area contributed by atoms with Crippen LogP contribution in [0.15, 0.2) is 0 Å². The standard InChI is InChI=1S/C4H12Si.C2H6/c1-4(2)5-3;1-2/h4H,5H2,1-3H3;1-2H3. The van der Waals surface area contributed by atoms with Crippen LogP contribution in [0, 0.1) is 0 Å². The van der Waals surface area contributed by atoms with Crippen LogP contribution in [-0.2, 0) is 0 Å². The monoisotopic (exact) mass is 118 g/mol. The Morgan fingerprint density at radius 3 is 1.29 bits per heavy atom. The minimum absolute atomic E-state index is 0.349. The van der Waals surface area contributed by atoms with Crippen molar-refractivity contribution >= 4 is 9.52 Å². The Bertz CT molecular complexity index is 18.1. The first-order valence-electron chi connectivity index (χ1n) is 3.27. The van der Waals surface area contributed by atoms with Crippen molar-refractivity contribution in [2.45, 2.75) is 39.8 Å². The van der Waals surface area contributed by atoms with E-state index < -0.39 is 0 Å². The third-order valence-electron chi connectivity index (χ3n) is 0.816. The largest absolute Gasteiger partial charge is 0.0746 e. The molecule has 0 saturated carbocycles. The fraction of sp³-hybridized carbons (Fsp3) is 1.00. The van der Waals surface area contributed by atoms with Gasteiger partial charge in [0.15, 0.2) is 0 Å². The molecular weight excluding hydrogens is 100 g/mol. The molecule has 7 heavy (non-hydrogen) atoms. The first-order chi connectivity index (χ1) is 3.27. The molecule has 0 rings (SSSR count). The molecule has 0 N–H and O–H groups in total. The van der Waals surface area contributed by atoms with Crippen molar-refractivity contribution in [1.82, 2.24) is 0 Å².